The maximum Gasteiger partial charge on any atom is 0.190 e. The number of rotatable bonds is 6. The van der Waals surface area contributed by atoms with Gasteiger partial charge in [-0.3, -0.25) is 4.90 Å². The van der Waals surface area contributed by atoms with E-state index in [9.17, 15) is 0 Å². The number of aryl methyl sites for hydroxylation is 1. The van der Waals surface area contributed by atoms with E-state index in [2.05, 4.69) is 21.8 Å². The third-order valence-corrected chi connectivity index (χ3v) is 5.09. The summed E-state index contributed by atoms with van der Waals surface area (Å²) in [5.74, 6) is 0.888. The normalized spacial score (nSPS) is 16.5. The number of nitrogens with zero attached hydrogens (tertiary/aromatic N) is 3. The van der Waals surface area contributed by atoms with Gasteiger partial charge in [-0.05, 0) is 38.1 Å². The molecule has 0 bridgehead atoms. The van der Waals surface area contributed by atoms with E-state index in [-0.39, 0.29) is 0 Å². The largest absolute Gasteiger partial charge is 0.494 e. The number of morpholine rings is 1. The van der Waals surface area contributed by atoms with Crippen molar-refractivity contribution in [3.63, 3.8) is 0 Å². The molecule has 0 amide bonds. The van der Waals surface area contributed by atoms with Gasteiger partial charge in [-0.15, -0.1) is 11.3 Å². The van der Waals surface area contributed by atoms with Gasteiger partial charge in [0.15, 0.2) is 4.80 Å². The Hall–Kier alpha value is -1.63. The highest BCUT2D eigenvalue weighted by Gasteiger charge is 2.11. The van der Waals surface area contributed by atoms with Crippen molar-refractivity contribution < 1.29 is 9.47 Å². The number of thiazole rings is 1. The summed E-state index contributed by atoms with van der Waals surface area (Å²) in [5, 5.41) is 2.17. The van der Waals surface area contributed by atoms with Crippen LogP contribution in [0, 0.1) is 6.92 Å². The van der Waals surface area contributed by atoms with Crippen LogP contribution < -0.4 is 9.54 Å². The van der Waals surface area contributed by atoms with Crippen LogP contribution in [0.3, 0.4) is 0 Å². The first-order valence-electron chi connectivity index (χ1n) is 8.49. The van der Waals surface area contributed by atoms with E-state index >= 15 is 0 Å². The number of hydrogen-bond donors (Lipinski definition) is 0. The predicted molar refractivity (Wildman–Crippen MR) is 97.1 cm³/mol. The molecule has 2 heterocycles. The summed E-state index contributed by atoms with van der Waals surface area (Å²) >= 11 is 1.69. The maximum atomic E-state index is 5.48. The molecule has 3 rings (SSSR count). The van der Waals surface area contributed by atoms with Gasteiger partial charge in [-0.1, -0.05) is 0 Å². The lowest BCUT2D eigenvalue weighted by atomic mass is 10.3. The van der Waals surface area contributed by atoms with Gasteiger partial charge in [0.25, 0.3) is 0 Å². The number of ether oxygens (including phenoxy) is 2. The predicted octanol–water partition coefficient (Wildman–Crippen LogP) is 2.82. The van der Waals surface area contributed by atoms with Crippen LogP contribution in [-0.4, -0.2) is 48.9 Å². The Labute approximate surface area is 147 Å². The van der Waals surface area contributed by atoms with Gasteiger partial charge in [0.05, 0.1) is 25.5 Å². The van der Waals surface area contributed by atoms with Crippen LogP contribution in [0.1, 0.15) is 12.6 Å². The molecular formula is C18H25N3O2S. The van der Waals surface area contributed by atoms with Gasteiger partial charge in [0, 0.05) is 37.3 Å². The summed E-state index contributed by atoms with van der Waals surface area (Å²) in [6.07, 6.45) is 0. The SMILES string of the molecule is CCOc1ccc(N=c2scc(C)n2CCN2CCOCC2)cc1. The molecule has 1 aromatic heterocycles. The summed E-state index contributed by atoms with van der Waals surface area (Å²) in [6, 6.07) is 7.96. The molecule has 2 aromatic rings. The Bertz CT molecular complexity index is 700. The van der Waals surface area contributed by atoms with E-state index in [1.165, 1.54) is 5.69 Å². The van der Waals surface area contributed by atoms with Crippen LogP contribution in [0.25, 0.3) is 0 Å². The highest BCUT2D eigenvalue weighted by Crippen LogP contribution is 2.18. The topological polar surface area (TPSA) is 39.0 Å². The van der Waals surface area contributed by atoms with E-state index in [1.54, 1.807) is 11.3 Å². The zero-order valence-electron chi connectivity index (χ0n) is 14.4. The minimum absolute atomic E-state index is 0.683. The highest BCUT2D eigenvalue weighted by molar-refractivity contribution is 7.07. The number of benzene rings is 1. The molecule has 0 radical (unpaired) electrons. The average Bonchev–Trinajstić information content (AvgIpc) is 2.96. The Morgan fingerprint density at radius 3 is 2.62 bits per heavy atom. The minimum Gasteiger partial charge on any atom is -0.494 e. The van der Waals surface area contributed by atoms with Crippen molar-refractivity contribution in [2.45, 2.75) is 20.4 Å². The molecule has 130 valence electrons. The van der Waals surface area contributed by atoms with Crippen molar-refractivity contribution in [3.8, 4) is 5.75 Å². The van der Waals surface area contributed by atoms with E-state index in [1.807, 2.05) is 31.2 Å². The van der Waals surface area contributed by atoms with E-state index < -0.39 is 0 Å². The Kier molecular flexibility index (Phi) is 6.07. The van der Waals surface area contributed by atoms with Crippen molar-refractivity contribution >= 4 is 17.0 Å². The van der Waals surface area contributed by atoms with E-state index in [0.29, 0.717) is 6.61 Å². The number of aromatic nitrogens is 1. The van der Waals surface area contributed by atoms with Gasteiger partial charge in [-0.2, -0.15) is 0 Å². The van der Waals surface area contributed by atoms with Gasteiger partial charge >= 0.3 is 0 Å². The minimum atomic E-state index is 0.683. The first-order valence-corrected chi connectivity index (χ1v) is 9.37. The Morgan fingerprint density at radius 1 is 1.17 bits per heavy atom. The van der Waals surface area contributed by atoms with Crippen LogP contribution in [-0.2, 0) is 11.3 Å². The molecule has 24 heavy (non-hydrogen) atoms. The summed E-state index contributed by atoms with van der Waals surface area (Å²) in [7, 11) is 0. The zero-order valence-corrected chi connectivity index (χ0v) is 15.2. The third kappa shape index (κ3) is 4.47. The monoisotopic (exact) mass is 347 g/mol. The van der Waals surface area contributed by atoms with Crippen molar-refractivity contribution in [2.75, 3.05) is 39.5 Å². The third-order valence-electron chi connectivity index (χ3n) is 4.11. The van der Waals surface area contributed by atoms with Crippen molar-refractivity contribution in [1.29, 1.82) is 0 Å². The lowest BCUT2D eigenvalue weighted by Crippen LogP contribution is -2.39. The van der Waals surface area contributed by atoms with Crippen molar-refractivity contribution in [1.82, 2.24) is 9.47 Å². The molecule has 0 aliphatic carbocycles. The molecule has 0 spiro atoms. The lowest BCUT2D eigenvalue weighted by Gasteiger charge is -2.26. The number of hydrogen-bond acceptors (Lipinski definition) is 5. The molecule has 0 saturated carbocycles. The molecule has 1 aliphatic rings. The fourth-order valence-corrected chi connectivity index (χ4v) is 3.66. The van der Waals surface area contributed by atoms with Gasteiger partial charge < -0.3 is 14.0 Å². The van der Waals surface area contributed by atoms with Gasteiger partial charge in [-0.25, -0.2) is 4.99 Å². The van der Waals surface area contributed by atoms with E-state index in [4.69, 9.17) is 14.5 Å². The second-order valence-electron chi connectivity index (χ2n) is 5.80. The van der Waals surface area contributed by atoms with Crippen LogP contribution in [0.4, 0.5) is 5.69 Å². The summed E-state index contributed by atoms with van der Waals surface area (Å²) in [5.41, 5.74) is 2.22. The molecule has 5 nitrogen and oxygen atoms in total. The summed E-state index contributed by atoms with van der Waals surface area (Å²) in [6.45, 7) is 10.6. The van der Waals surface area contributed by atoms with Crippen LogP contribution in [0.2, 0.25) is 0 Å². The van der Waals surface area contributed by atoms with Crippen LogP contribution in [0.15, 0.2) is 34.6 Å². The molecule has 0 atom stereocenters. The highest BCUT2D eigenvalue weighted by atomic mass is 32.1. The van der Waals surface area contributed by atoms with Crippen molar-refractivity contribution in [3.05, 3.63) is 40.1 Å². The molecule has 0 unspecified atom stereocenters. The summed E-state index contributed by atoms with van der Waals surface area (Å²) in [4.78, 5) is 8.31. The van der Waals surface area contributed by atoms with Gasteiger partial charge in [0.2, 0.25) is 0 Å². The molecule has 1 aliphatic heterocycles. The molecular weight excluding hydrogens is 322 g/mol. The fourth-order valence-electron chi connectivity index (χ4n) is 2.73. The lowest BCUT2D eigenvalue weighted by molar-refractivity contribution is 0.0362. The van der Waals surface area contributed by atoms with Crippen LogP contribution in [0.5, 0.6) is 5.75 Å². The molecule has 1 saturated heterocycles. The van der Waals surface area contributed by atoms with Gasteiger partial charge in [0.1, 0.15) is 5.75 Å². The van der Waals surface area contributed by atoms with Crippen molar-refractivity contribution in [2.24, 2.45) is 4.99 Å². The zero-order chi connectivity index (χ0) is 16.8. The molecule has 1 fully saturated rings. The standard InChI is InChI=1S/C18H25N3O2S/c1-3-23-17-6-4-16(5-7-17)19-18-21(15(2)14-24-18)9-8-20-10-12-22-13-11-20/h4-7,14H,3,8-13H2,1-2H3. The Morgan fingerprint density at radius 2 is 1.92 bits per heavy atom. The summed E-state index contributed by atoms with van der Waals surface area (Å²) < 4.78 is 13.2. The average molecular weight is 347 g/mol. The second-order valence-corrected chi connectivity index (χ2v) is 6.64. The first-order chi connectivity index (χ1) is 11.8. The Balaban J connectivity index is 1.73. The second kappa shape index (κ2) is 8.46. The first kappa shape index (κ1) is 17.2. The van der Waals surface area contributed by atoms with Crippen LogP contribution >= 0.6 is 11.3 Å². The smallest absolute Gasteiger partial charge is 0.190 e. The van der Waals surface area contributed by atoms with E-state index in [0.717, 1.165) is 55.6 Å². The molecule has 6 heteroatoms. The fraction of sp³-hybridized carbons (Fsp3) is 0.500. The quantitative estimate of drug-likeness (QED) is 0.807. The maximum absolute atomic E-state index is 5.48. The molecule has 0 N–H and O–H groups in total. The molecule has 1 aromatic carbocycles.